The number of ketones is 1. The SMILES string of the molecule is CC(C)N(CCO)Cc1ccccc1C(=O)c1ccccc1. The number of nitrogens with zero attached hydrogens (tertiary/aromatic N) is 1. The van der Waals surface area contributed by atoms with Crippen LogP contribution in [0.5, 0.6) is 0 Å². The van der Waals surface area contributed by atoms with E-state index in [4.69, 9.17) is 0 Å². The van der Waals surface area contributed by atoms with E-state index >= 15 is 0 Å². The molecule has 3 heteroatoms. The summed E-state index contributed by atoms with van der Waals surface area (Å²) in [7, 11) is 0. The van der Waals surface area contributed by atoms with Crippen LogP contribution in [0.2, 0.25) is 0 Å². The van der Waals surface area contributed by atoms with Gasteiger partial charge < -0.3 is 5.11 Å². The molecule has 1 N–H and O–H groups in total. The molecule has 3 nitrogen and oxygen atoms in total. The minimum Gasteiger partial charge on any atom is -0.395 e. The van der Waals surface area contributed by atoms with Crippen molar-refractivity contribution in [1.82, 2.24) is 4.90 Å². The Morgan fingerprint density at radius 1 is 1.05 bits per heavy atom. The lowest BCUT2D eigenvalue weighted by Gasteiger charge is -2.26. The van der Waals surface area contributed by atoms with E-state index in [1.54, 1.807) is 0 Å². The monoisotopic (exact) mass is 297 g/mol. The molecule has 0 amide bonds. The van der Waals surface area contributed by atoms with Gasteiger partial charge in [-0.05, 0) is 19.4 Å². The van der Waals surface area contributed by atoms with Crippen LogP contribution in [0.1, 0.15) is 35.3 Å². The van der Waals surface area contributed by atoms with E-state index in [9.17, 15) is 9.90 Å². The van der Waals surface area contributed by atoms with E-state index in [-0.39, 0.29) is 12.4 Å². The van der Waals surface area contributed by atoms with Crippen molar-refractivity contribution < 1.29 is 9.90 Å². The molecule has 0 radical (unpaired) electrons. The quantitative estimate of drug-likeness (QED) is 0.798. The molecular weight excluding hydrogens is 274 g/mol. The van der Waals surface area contributed by atoms with Gasteiger partial charge in [0.2, 0.25) is 0 Å². The van der Waals surface area contributed by atoms with Crippen LogP contribution >= 0.6 is 0 Å². The van der Waals surface area contributed by atoms with Crippen LogP contribution in [0.3, 0.4) is 0 Å². The van der Waals surface area contributed by atoms with Crippen molar-refractivity contribution >= 4 is 5.78 Å². The van der Waals surface area contributed by atoms with E-state index in [0.29, 0.717) is 24.7 Å². The number of carbonyl (C=O) groups is 1. The molecule has 0 saturated heterocycles. The van der Waals surface area contributed by atoms with Crippen molar-refractivity contribution in [2.24, 2.45) is 0 Å². The number of hydrogen-bond acceptors (Lipinski definition) is 3. The van der Waals surface area contributed by atoms with Crippen LogP contribution in [0.4, 0.5) is 0 Å². The van der Waals surface area contributed by atoms with Crippen LogP contribution in [0.15, 0.2) is 54.6 Å². The molecule has 0 aliphatic heterocycles. The maximum absolute atomic E-state index is 12.7. The van der Waals surface area contributed by atoms with E-state index in [0.717, 1.165) is 11.1 Å². The maximum atomic E-state index is 12.7. The highest BCUT2D eigenvalue weighted by Crippen LogP contribution is 2.17. The van der Waals surface area contributed by atoms with Gasteiger partial charge in [-0.25, -0.2) is 0 Å². The fourth-order valence-electron chi connectivity index (χ4n) is 2.49. The lowest BCUT2D eigenvalue weighted by Crippen LogP contribution is -2.33. The lowest BCUT2D eigenvalue weighted by molar-refractivity contribution is 0.103. The minimum absolute atomic E-state index is 0.0453. The summed E-state index contributed by atoms with van der Waals surface area (Å²) in [5, 5.41) is 9.21. The fourth-order valence-corrected chi connectivity index (χ4v) is 2.49. The number of aliphatic hydroxyl groups excluding tert-OH is 1. The summed E-state index contributed by atoms with van der Waals surface area (Å²) in [6.07, 6.45) is 0. The van der Waals surface area contributed by atoms with Gasteiger partial charge in [-0.15, -0.1) is 0 Å². The molecule has 2 aromatic rings. The van der Waals surface area contributed by atoms with E-state index in [2.05, 4.69) is 18.7 Å². The largest absolute Gasteiger partial charge is 0.395 e. The van der Waals surface area contributed by atoms with E-state index < -0.39 is 0 Å². The van der Waals surface area contributed by atoms with Gasteiger partial charge in [-0.1, -0.05) is 54.6 Å². The molecular formula is C19H23NO2. The number of hydrogen-bond donors (Lipinski definition) is 1. The van der Waals surface area contributed by atoms with Crippen molar-refractivity contribution in [2.75, 3.05) is 13.2 Å². The Bertz CT molecular complexity index is 608. The summed E-state index contributed by atoms with van der Waals surface area (Å²) in [6.45, 7) is 5.57. The van der Waals surface area contributed by atoms with Crippen LogP contribution in [-0.2, 0) is 6.54 Å². The van der Waals surface area contributed by atoms with Crippen LogP contribution in [0, 0.1) is 0 Å². The molecule has 22 heavy (non-hydrogen) atoms. The van der Waals surface area contributed by atoms with Gasteiger partial charge in [-0.3, -0.25) is 9.69 Å². The van der Waals surface area contributed by atoms with Gasteiger partial charge in [0.15, 0.2) is 5.78 Å². The minimum atomic E-state index is 0.0453. The zero-order chi connectivity index (χ0) is 15.9. The van der Waals surface area contributed by atoms with Crippen LogP contribution < -0.4 is 0 Å². The fraction of sp³-hybridized carbons (Fsp3) is 0.316. The Kier molecular flexibility index (Phi) is 5.87. The first kappa shape index (κ1) is 16.4. The molecule has 0 fully saturated rings. The Labute approximate surface area is 132 Å². The predicted molar refractivity (Wildman–Crippen MR) is 88.9 cm³/mol. The second kappa shape index (κ2) is 7.87. The second-order valence-corrected chi connectivity index (χ2v) is 5.64. The molecule has 0 heterocycles. The first-order valence-electron chi connectivity index (χ1n) is 7.66. The Hall–Kier alpha value is -1.97. The lowest BCUT2D eigenvalue weighted by atomic mass is 9.98. The van der Waals surface area contributed by atoms with Crippen molar-refractivity contribution in [2.45, 2.75) is 26.4 Å². The maximum Gasteiger partial charge on any atom is 0.193 e. The highest BCUT2D eigenvalue weighted by molar-refractivity contribution is 6.09. The number of aliphatic hydroxyl groups is 1. The molecule has 0 bridgehead atoms. The molecule has 116 valence electrons. The summed E-state index contributed by atoms with van der Waals surface area (Å²) in [5.74, 6) is 0.0453. The molecule has 0 saturated carbocycles. The molecule has 0 aromatic heterocycles. The predicted octanol–water partition coefficient (Wildman–Crippen LogP) is 3.12. The van der Waals surface area contributed by atoms with Gasteiger partial charge in [0.05, 0.1) is 6.61 Å². The van der Waals surface area contributed by atoms with Gasteiger partial charge >= 0.3 is 0 Å². The standard InChI is InChI=1S/C19H23NO2/c1-15(2)20(12-13-21)14-17-10-6-7-11-18(17)19(22)16-8-4-3-5-9-16/h3-11,15,21H,12-14H2,1-2H3. The van der Waals surface area contributed by atoms with Gasteiger partial charge in [0.25, 0.3) is 0 Å². The van der Waals surface area contributed by atoms with Gasteiger partial charge in [0, 0.05) is 30.3 Å². The Balaban J connectivity index is 2.28. The third-order valence-corrected chi connectivity index (χ3v) is 3.79. The molecule has 0 aliphatic rings. The second-order valence-electron chi connectivity index (χ2n) is 5.64. The first-order chi connectivity index (χ1) is 10.6. The van der Waals surface area contributed by atoms with Gasteiger partial charge in [-0.2, -0.15) is 0 Å². The third kappa shape index (κ3) is 4.03. The molecule has 2 rings (SSSR count). The normalized spacial score (nSPS) is 11.1. The average molecular weight is 297 g/mol. The zero-order valence-corrected chi connectivity index (χ0v) is 13.2. The summed E-state index contributed by atoms with van der Waals surface area (Å²) in [6, 6.07) is 17.4. The molecule has 0 atom stereocenters. The van der Waals surface area contributed by atoms with Crippen LogP contribution in [0.25, 0.3) is 0 Å². The summed E-state index contributed by atoms with van der Waals surface area (Å²) in [5.41, 5.74) is 2.43. The van der Waals surface area contributed by atoms with Crippen molar-refractivity contribution in [1.29, 1.82) is 0 Å². The molecule has 0 aliphatic carbocycles. The number of rotatable bonds is 7. The van der Waals surface area contributed by atoms with Crippen molar-refractivity contribution in [3.05, 3.63) is 71.3 Å². The smallest absolute Gasteiger partial charge is 0.193 e. The number of benzene rings is 2. The zero-order valence-electron chi connectivity index (χ0n) is 13.2. The highest BCUT2D eigenvalue weighted by Gasteiger charge is 2.16. The number of carbonyl (C=O) groups excluding carboxylic acids is 1. The molecule has 2 aromatic carbocycles. The van der Waals surface area contributed by atoms with Crippen molar-refractivity contribution in [3.8, 4) is 0 Å². The summed E-state index contributed by atoms with van der Waals surface area (Å²) in [4.78, 5) is 14.9. The van der Waals surface area contributed by atoms with Crippen LogP contribution in [-0.4, -0.2) is 35.0 Å². The Morgan fingerprint density at radius 3 is 2.32 bits per heavy atom. The molecule has 0 spiro atoms. The van der Waals surface area contributed by atoms with Gasteiger partial charge in [0.1, 0.15) is 0 Å². The average Bonchev–Trinajstić information content (AvgIpc) is 2.55. The summed E-state index contributed by atoms with van der Waals surface area (Å²) >= 11 is 0. The van der Waals surface area contributed by atoms with E-state index in [1.807, 2.05) is 54.6 Å². The Morgan fingerprint density at radius 2 is 1.68 bits per heavy atom. The third-order valence-electron chi connectivity index (χ3n) is 3.79. The molecule has 0 unspecified atom stereocenters. The van der Waals surface area contributed by atoms with Crippen molar-refractivity contribution in [3.63, 3.8) is 0 Å². The first-order valence-corrected chi connectivity index (χ1v) is 7.66. The highest BCUT2D eigenvalue weighted by atomic mass is 16.3. The summed E-state index contributed by atoms with van der Waals surface area (Å²) < 4.78 is 0. The van der Waals surface area contributed by atoms with E-state index in [1.165, 1.54) is 0 Å². The topological polar surface area (TPSA) is 40.5 Å².